The van der Waals surface area contributed by atoms with E-state index >= 15 is 0 Å². The molecule has 3 aromatic carbocycles. The fraction of sp³-hybridized carbons (Fsp3) is 0.345. The number of benzene rings is 3. The van der Waals surface area contributed by atoms with Crippen LogP contribution in [0.5, 0.6) is 5.75 Å². The van der Waals surface area contributed by atoms with Crippen molar-refractivity contribution in [2.75, 3.05) is 0 Å². The normalized spacial score (nSPS) is 11.9. The van der Waals surface area contributed by atoms with Gasteiger partial charge in [-0.15, -0.1) is 0 Å². The van der Waals surface area contributed by atoms with Crippen LogP contribution in [0.1, 0.15) is 52.5 Å². The van der Waals surface area contributed by atoms with Gasteiger partial charge in [-0.3, -0.25) is 4.79 Å². The third kappa shape index (κ3) is 3.23. The van der Waals surface area contributed by atoms with E-state index in [1.54, 1.807) is 0 Å². The summed E-state index contributed by atoms with van der Waals surface area (Å²) in [6.45, 7) is 9.80. The highest BCUT2D eigenvalue weighted by Crippen LogP contribution is 2.47. The lowest BCUT2D eigenvalue weighted by atomic mass is 9.96. The quantitative estimate of drug-likeness (QED) is 0.148. The van der Waals surface area contributed by atoms with Gasteiger partial charge in [0.25, 0.3) is 0 Å². The van der Waals surface area contributed by atoms with Gasteiger partial charge in [-0.1, -0.05) is 56.2 Å². The van der Waals surface area contributed by atoms with E-state index in [4.69, 9.17) is 4.74 Å². The Morgan fingerprint density at radius 3 is 1.94 bits per heavy atom. The van der Waals surface area contributed by atoms with E-state index in [1.165, 1.54) is 52.7 Å². The van der Waals surface area contributed by atoms with E-state index in [1.807, 2.05) is 0 Å². The van der Waals surface area contributed by atoms with Gasteiger partial charge in [0, 0.05) is 47.2 Å². The molecule has 0 fully saturated rings. The minimum Gasteiger partial charge on any atom is -0.424 e. The summed E-state index contributed by atoms with van der Waals surface area (Å²) in [7, 11) is 0. The first-order valence-corrected chi connectivity index (χ1v) is 12.3. The molecule has 2 aromatic heterocycles. The molecule has 0 saturated carbocycles. The monoisotopic (exact) mass is 440 g/mol. The number of para-hydroxylation sites is 2. The molecule has 4 heteroatoms. The third-order valence-electron chi connectivity index (χ3n) is 6.88. The van der Waals surface area contributed by atoms with Gasteiger partial charge in [0.2, 0.25) is 0 Å². The first-order valence-electron chi connectivity index (χ1n) is 12.3. The predicted octanol–water partition coefficient (Wildman–Crippen LogP) is 7.60. The number of carbonyl (C=O) groups is 1. The van der Waals surface area contributed by atoms with Crippen molar-refractivity contribution in [3.63, 3.8) is 0 Å². The van der Waals surface area contributed by atoms with Crippen molar-refractivity contribution >= 4 is 49.6 Å². The van der Waals surface area contributed by atoms with E-state index in [-0.39, 0.29) is 5.97 Å². The van der Waals surface area contributed by atoms with Gasteiger partial charge in [-0.05, 0) is 44.4 Å². The Morgan fingerprint density at radius 2 is 1.36 bits per heavy atom. The lowest BCUT2D eigenvalue weighted by molar-refractivity contribution is -0.131. The summed E-state index contributed by atoms with van der Waals surface area (Å²) in [6, 6.07) is 17.1. The van der Waals surface area contributed by atoms with Crippen molar-refractivity contribution in [3.05, 3.63) is 54.1 Å². The molecule has 0 N–H and O–H groups in total. The van der Waals surface area contributed by atoms with Gasteiger partial charge in [-0.25, -0.2) is 0 Å². The van der Waals surface area contributed by atoms with E-state index < -0.39 is 0 Å². The predicted molar refractivity (Wildman–Crippen MR) is 138 cm³/mol. The maximum absolute atomic E-state index is 12.4. The van der Waals surface area contributed by atoms with Crippen LogP contribution in [-0.4, -0.2) is 15.1 Å². The fourth-order valence-corrected chi connectivity index (χ4v) is 5.62. The number of rotatable bonds is 7. The average molecular weight is 441 g/mol. The van der Waals surface area contributed by atoms with Gasteiger partial charge < -0.3 is 13.9 Å². The standard InChI is InChI=1S/C29H32N2O2/c1-5-8-9-16-22-25-20-14-10-12-17-23(20)31(7-3)28(25)29(33-19(4)32)26-21-15-11-13-18-24(21)30(6-2)27(22)26/h10-15,17-18H,5-9,16H2,1-4H3. The molecule has 0 spiro atoms. The van der Waals surface area contributed by atoms with E-state index in [2.05, 4.69) is 78.4 Å². The highest BCUT2D eigenvalue weighted by Gasteiger charge is 2.27. The molecule has 0 bridgehead atoms. The highest BCUT2D eigenvalue weighted by molar-refractivity contribution is 6.24. The van der Waals surface area contributed by atoms with Crippen LogP contribution >= 0.6 is 0 Å². The first-order chi connectivity index (χ1) is 16.1. The Bertz CT molecular complexity index is 1500. The minimum atomic E-state index is -0.280. The van der Waals surface area contributed by atoms with Gasteiger partial charge in [0.1, 0.15) is 0 Å². The zero-order valence-electron chi connectivity index (χ0n) is 20.1. The number of nitrogens with zero attached hydrogens (tertiary/aromatic N) is 2. The number of aromatic nitrogens is 2. The van der Waals surface area contributed by atoms with Gasteiger partial charge >= 0.3 is 5.97 Å². The number of aryl methyl sites for hydroxylation is 3. The largest absolute Gasteiger partial charge is 0.424 e. The van der Waals surface area contributed by atoms with Crippen LogP contribution in [0, 0.1) is 0 Å². The fourth-order valence-electron chi connectivity index (χ4n) is 5.62. The Hall–Kier alpha value is -3.27. The summed E-state index contributed by atoms with van der Waals surface area (Å²) in [5, 5.41) is 4.70. The maximum atomic E-state index is 12.4. The minimum absolute atomic E-state index is 0.280. The first kappa shape index (κ1) is 21.6. The molecule has 0 unspecified atom stereocenters. The van der Waals surface area contributed by atoms with Gasteiger partial charge in [-0.2, -0.15) is 0 Å². The van der Waals surface area contributed by atoms with Crippen LogP contribution < -0.4 is 4.74 Å². The van der Waals surface area contributed by atoms with Crippen molar-refractivity contribution in [1.29, 1.82) is 0 Å². The lowest BCUT2D eigenvalue weighted by Crippen LogP contribution is -2.06. The SMILES string of the molecule is CCCCCc1c2c3ccccc3n(CC)c2c(OC(C)=O)c2c3ccccc3n(CC)c12. The molecule has 4 nitrogen and oxygen atoms in total. The van der Waals surface area contributed by atoms with Crippen LogP contribution in [0.15, 0.2) is 48.5 Å². The van der Waals surface area contributed by atoms with E-state index in [0.717, 1.165) is 42.2 Å². The molecule has 0 aliphatic heterocycles. The Balaban J connectivity index is 2.09. The Labute approximate surface area is 194 Å². The zero-order chi connectivity index (χ0) is 23.1. The summed E-state index contributed by atoms with van der Waals surface area (Å²) < 4.78 is 10.8. The summed E-state index contributed by atoms with van der Waals surface area (Å²) in [4.78, 5) is 12.4. The van der Waals surface area contributed by atoms with Gasteiger partial charge in [0.05, 0.1) is 16.4 Å². The molecule has 170 valence electrons. The summed E-state index contributed by atoms with van der Waals surface area (Å²) in [6.07, 6.45) is 4.54. The number of carbonyl (C=O) groups excluding carboxylic acids is 1. The zero-order valence-corrected chi connectivity index (χ0v) is 20.1. The molecule has 0 atom stereocenters. The van der Waals surface area contributed by atoms with Crippen molar-refractivity contribution in [3.8, 4) is 5.75 Å². The highest BCUT2D eigenvalue weighted by atomic mass is 16.5. The molecule has 5 rings (SSSR count). The molecular weight excluding hydrogens is 408 g/mol. The number of esters is 1. The van der Waals surface area contributed by atoms with E-state index in [0.29, 0.717) is 5.75 Å². The van der Waals surface area contributed by atoms with Gasteiger partial charge in [0.15, 0.2) is 5.75 Å². The van der Waals surface area contributed by atoms with Crippen molar-refractivity contribution in [2.45, 2.75) is 66.5 Å². The molecule has 5 aromatic rings. The van der Waals surface area contributed by atoms with Crippen molar-refractivity contribution < 1.29 is 9.53 Å². The van der Waals surface area contributed by atoms with E-state index in [9.17, 15) is 4.79 Å². The lowest BCUT2D eigenvalue weighted by Gasteiger charge is -2.16. The summed E-state index contributed by atoms with van der Waals surface area (Å²) in [5.74, 6) is 0.422. The maximum Gasteiger partial charge on any atom is 0.308 e. The van der Waals surface area contributed by atoms with Crippen molar-refractivity contribution in [2.24, 2.45) is 0 Å². The second-order valence-corrected chi connectivity index (χ2v) is 8.83. The van der Waals surface area contributed by atoms with Crippen molar-refractivity contribution in [1.82, 2.24) is 9.13 Å². The van der Waals surface area contributed by atoms with Crippen LogP contribution in [0.4, 0.5) is 0 Å². The van der Waals surface area contributed by atoms with Crippen LogP contribution in [0.3, 0.4) is 0 Å². The molecule has 0 aliphatic carbocycles. The molecular formula is C29H32N2O2. The Morgan fingerprint density at radius 1 is 0.788 bits per heavy atom. The van der Waals surface area contributed by atoms with Crippen LogP contribution in [-0.2, 0) is 24.3 Å². The summed E-state index contributed by atoms with van der Waals surface area (Å²) >= 11 is 0. The summed E-state index contributed by atoms with van der Waals surface area (Å²) in [5.41, 5.74) is 6.04. The second kappa shape index (κ2) is 8.58. The number of ether oxygens (including phenoxy) is 1. The molecule has 33 heavy (non-hydrogen) atoms. The van der Waals surface area contributed by atoms with Crippen LogP contribution in [0.25, 0.3) is 43.6 Å². The number of fused-ring (bicyclic) bond motifs is 6. The number of hydrogen-bond acceptors (Lipinski definition) is 2. The molecule has 0 saturated heterocycles. The Kier molecular flexibility index (Phi) is 5.61. The molecule has 2 heterocycles. The average Bonchev–Trinajstić information content (AvgIpc) is 3.33. The number of hydrogen-bond donors (Lipinski definition) is 0. The third-order valence-corrected chi connectivity index (χ3v) is 6.88. The smallest absolute Gasteiger partial charge is 0.308 e. The molecule has 0 radical (unpaired) electrons. The van der Waals surface area contributed by atoms with Crippen LogP contribution in [0.2, 0.25) is 0 Å². The topological polar surface area (TPSA) is 36.2 Å². The molecule has 0 aliphatic rings. The number of unbranched alkanes of at least 4 members (excludes halogenated alkanes) is 2. The second-order valence-electron chi connectivity index (χ2n) is 8.83. The molecule has 0 amide bonds.